The van der Waals surface area contributed by atoms with Crippen LogP contribution in [0.3, 0.4) is 0 Å². The van der Waals surface area contributed by atoms with Crippen molar-refractivity contribution in [2.24, 2.45) is 0 Å². The molecule has 1 spiro atoms. The van der Waals surface area contributed by atoms with Gasteiger partial charge in [-0.1, -0.05) is 72.8 Å². The average molecular weight is 436 g/mol. The second-order valence-corrected chi connectivity index (χ2v) is 8.53. The van der Waals surface area contributed by atoms with Gasteiger partial charge in [0.1, 0.15) is 11.7 Å². The van der Waals surface area contributed by atoms with E-state index in [9.17, 15) is 9.90 Å². The minimum Gasteiger partial charge on any atom is -0.460 e. The molecule has 0 saturated heterocycles. The van der Waals surface area contributed by atoms with E-state index >= 15 is 0 Å². The van der Waals surface area contributed by atoms with Crippen LogP contribution in [-0.2, 0) is 16.0 Å². The Morgan fingerprint density at radius 3 is 2.27 bits per heavy atom. The summed E-state index contributed by atoms with van der Waals surface area (Å²) >= 11 is 0. The average Bonchev–Trinajstić information content (AvgIpc) is 3.50. The number of nitrogens with one attached hydrogen (secondary N) is 1. The van der Waals surface area contributed by atoms with Crippen molar-refractivity contribution < 1.29 is 19.2 Å². The number of nitrogens with zero attached hydrogens (tertiary/aromatic N) is 1. The number of amides is 1. The van der Waals surface area contributed by atoms with Gasteiger partial charge in [-0.05, 0) is 23.8 Å². The maximum Gasteiger partial charge on any atom is 0.373 e. The fourth-order valence-corrected chi connectivity index (χ4v) is 5.21. The van der Waals surface area contributed by atoms with Crippen molar-refractivity contribution in [3.8, 4) is 0 Å². The van der Waals surface area contributed by atoms with E-state index < -0.39 is 11.7 Å². The van der Waals surface area contributed by atoms with E-state index in [1.165, 1.54) is 0 Å². The summed E-state index contributed by atoms with van der Waals surface area (Å²) in [5.74, 6) is -0.181. The predicted octanol–water partition coefficient (Wildman–Crippen LogP) is 4.55. The Morgan fingerprint density at radius 2 is 1.58 bits per heavy atom. The lowest BCUT2D eigenvalue weighted by Gasteiger charge is -2.24. The summed E-state index contributed by atoms with van der Waals surface area (Å²) in [5.41, 5.74) is 2.84. The van der Waals surface area contributed by atoms with Crippen LogP contribution >= 0.6 is 0 Å². The number of hydrogen-bond donors (Lipinski definition) is 2. The van der Waals surface area contributed by atoms with E-state index in [0.29, 0.717) is 23.3 Å². The molecule has 0 aromatic heterocycles. The van der Waals surface area contributed by atoms with E-state index in [1.807, 2.05) is 95.6 Å². The Hall–Kier alpha value is -3.96. The molecular weight excluding hydrogens is 412 g/mol. The Morgan fingerprint density at radius 1 is 0.939 bits per heavy atom. The topological polar surface area (TPSA) is 61.6 Å². The summed E-state index contributed by atoms with van der Waals surface area (Å²) in [6, 6.07) is 29.0. The predicted molar refractivity (Wildman–Crippen MR) is 127 cm³/mol. The third-order valence-electron chi connectivity index (χ3n) is 6.63. The van der Waals surface area contributed by atoms with Crippen molar-refractivity contribution in [3.63, 3.8) is 0 Å². The van der Waals surface area contributed by atoms with Gasteiger partial charge in [0.2, 0.25) is 11.7 Å². The number of carbonyl (C=O) groups excluding carboxylic acids is 1. The molecular formula is C28H23N2O3+. The Balaban J connectivity index is 1.49. The number of ether oxygens (including phenoxy) is 1. The monoisotopic (exact) mass is 435 g/mol. The number of anilines is 1. The van der Waals surface area contributed by atoms with E-state index in [0.717, 1.165) is 11.3 Å². The van der Waals surface area contributed by atoms with Crippen LogP contribution in [0.5, 0.6) is 0 Å². The minimum atomic E-state index is -0.885. The summed E-state index contributed by atoms with van der Waals surface area (Å²) < 4.78 is 8.40. The van der Waals surface area contributed by atoms with Crippen molar-refractivity contribution in [1.82, 2.24) is 0 Å². The SMILES string of the molecule is O=C(Nc1ccccc1)C1=C2C(O)=[N+](c3ccccc3)C(Cc3ccccc3)C23C=CC1O3. The van der Waals surface area contributed by atoms with Crippen molar-refractivity contribution in [2.45, 2.75) is 24.2 Å². The van der Waals surface area contributed by atoms with Crippen molar-refractivity contribution in [3.05, 3.63) is 120 Å². The first kappa shape index (κ1) is 19.7. The number of benzene rings is 3. The van der Waals surface area contributed by atoms with E-state index in [1.54, 1.807) is 0 Å². The van der Waals surface area contributed by atoms with Crippen LogP contribution < -0.4 is 5.32 Å². The molecule has 3 unspecified atom stereocenters. The largest absolute Gasteiger partial charge is 0.460 e. The second kappa shape index (κ2) is 7.57. The van der Waals surface area contributed by atoms with Gasteiger partial charge in [-0.2, -0.15) is 4.58 Å². The van der Waals surface area contributed by atoms with Gasteiger partial charge in [0, 0.05) is 24.2 Å². The highest BCUT2D eigenvalue weighted by Gasteiger charge is 2.67. The van der Waals surface area contributed by atoms with Crippen LogP contribution in [0.25, 0.3) is 0 Å². The van der Waals surface area contributed by atoms with E-state index in [-0.39, 0.29) is 17.8 Å². The maximum absolute atomic E-state index is 13.4. The van der Waals surface area contributed by atoms with Gasteiger partial charge in [0.15, 0.2) is 5.60 Å². The fraction of sp³-hybridized carbons (Fsp3) is 0.143. The molecule has 0 aliphatic carbocycles. The molecule has 33 heavy (non-hydrogen) atoms. The zero-order chi connectivity index (χ0) is 22.4. The van der Waals surface area contributed by atoms with Crippen molar-refractivity contribution >= 4 is 23.2 Å². The molecule has 3 heterocycles. The maximum atomic E-state index is 13.4. The molecule has 2 N–H and O–H groups in total. The number of rotatable bonds is 5. The number of para-hydroxylation sites is 2. The van der Waals surface area contributed by atoms with Crippen LogP contribution in [0, 0.1) is 0 Å². The van der Waals surface area contributed by atoms with E-state index in [4.69, 9.17) is 4.74 Å². The first-order valence-electron chi connectivity index (χ1n) is 11.1. The normalized spacial score (nSPS) is 25.0. The molecule has 5 heteroatoms. The molecule has 0 fully saturated rings. The number of hydrogen-bond acceptors (Lipinski definition) is 2. The van der Waals surface area contributed by atoms with Gasteiger partial charge in [-0.25, -0.2) is 0 Å². The Bertz CT molecular complexity index is 1310. The standard InChI is InChI=1S/C28H22N2O3/c31-26(29-20-12-6-2-7-13-20)24-22-16-17-28(33-22)23(18-19-10-4-1-5-11-19)30(27(32)25(24)28)21-14-8-3-9-15-21/h1-17,22-23H,18H2,(H,29,31)/p+1. The van der Waals surface area contributed by atoms with Gasteiger partial charge in [-0.15, -0.1) is 0 Å². The highest BCUT2D eigenvalue weighted by Crippen LogP contribution is 2.51. The number of aliphatic hydroxyl groups is 1. The molecule has 3 aromatic carbocycles. The Kier molecular flexibility index (Phi) is 4.52. The third kappa shape index (κ3) is 3.04. The number of aliphatic hydroxyl groups excluding tert-OH is 1. The van der Waals surface area contributed by atoms with Crippen LogP contribution in [0.15, 0.2) is 114 Å². The van der Waals surface area contributed by atoms with Crippen molar-refractivity contribution in [1.29, 1.82) is 0 Å². The summed E-state index contributed by atoms with van der Waals surface area (Å²) in [5, 5.41) is 14.5. The van der Waals surface area contributed by atoms with E-state index in [2.05, 4.69) is 17.4 Å². The number of carbonyl (C=O) groups is 1. The van der Waals surface area contributed by atoms with Gasteiger partial charge in [0.05, 0.1) is 5.57 Å². The minimum absolute atomic E-state index is 0.0761. The lowest BCUT2D eigenvalue weighted by molar-refractivity contribution is -0.499. The van der Waals surface area contributed by atoms with Crippen molar-refractivity contribution in [2.75, 3.05) is 5.32 Å². The smallest absolute Gasteiger partial charge is 0.373 e. The molecule has 162 valence electrons. The molecule has 0 radical (unpaired) electrons. The zero-order valence-corrected chi connectivity index (χ0v) is 17.9. The van der Waals surface area contributed by atoms with Crippen LogP contribution in [0.4, 0.5) is 11.4 Å². The van der Waals surface area contributed by atoms with Gasteiger partial charge in [-0.3, -0.25) is 4.79 Å². The first-order valence-corrected chi connectivity index (χ1v) is 11.1. The molecule has 2 bridgehead atoms. The quantitative estimate of drug-likeness (QED) is 0.456. The molecule has 1 amide bonds. The van der Waals surface area contributed by atoms with Gasteiger partial charge < -0.3 is 15.2 Å². The molecule has 3 aromatic rings. The second-order valence-electron chi connectivity index (χ2n) is 8.53. The summed E-state index contributed by atoms with van der Waals surface area (Å²) in [7, 11) is 0. The van der Waals surface area contributed by atoms with Crippen LogP contribution in [0.1, 0.15) is 5.56 Å². The number of fused-ring (bicyclic) bond motifs is 1. The molecule has 5 nitrogen and oxygen atoms in total. The molecule has 3 aliphatic heterocycles. The van der Waals surface area contributed by atoms with Gasteiger partial charge in [0.25, 0.3) is 5.91 Å². The lowest BCUT2D eigenvalue weighted by atomic mass is 9.81. The molecule has 3 aliphatic rings. The lowest BCUT2D eigenvalue weighted by Crippen LogP contribution is -2.43. The third-order valence-corrected chi connectivity index (χ3v) is 6.63. The highest BCUT2D eigenvalue weighted by molar-refractivity contribution is 6.13. The first-order chi connectivity index (χ1) is 16.2. The summed E-state index contributed by atoms with van der Waals surface area (Å²) in [6.45, 7) is 0. The highest BCUT2D eigenvalue weighted by atomic mass is 16.5. The molecule has 6 rings (SSSR count). The molecule has 0 saturated carbocycles. The van der Waals surface area contributed by atoms with Crippen LogP contribution in [0.2, 0.25) is 0 Å². The fourth-order valence-electron chi connectivity index (χ4n) is 5.21. The summed E-state index contributed by atoms with van der Waals surface area (Å²) in [4.78, 5) is 13.4. The van der Waals surface area contributed by atoms with Gasteiger partial charge >= 0.3 is 5.90 Å². The molecule has 3 atom stereocenters. The zero-order valence-electron chi connectivity index (χ0n) is 17.9. The summed E-state index contributed by atoms with van der Waals surface area (Å²) in [6.07, 6.45) is 4.11. The van der Waals surface area contributed by atoms with Crippen LogP contribution in [-0.4, -0.2) is 39.2 Å². The Labute approximate surface area is 192 Å².